The van der Waals surface area contributed by atoms with Gasteiger partial charge in [0.25, 0.3) is 0 Å². The van der Waals surface area contributed by atoms with Gasteiger partial charge in [0.2, 0.25) is 5.75 Å². The molecule has 2 aromatic rings. The van der Waals surface area contributed by atoms with Gasteiger partial charge in [-0.2, -0.15) is 13.2 Å². The van der Waals surface area contributed by atoms with Crippen LogP contribution in [0.5, 0.6) is 17.2 Å². The Morgan fingerprint density at radius 1 is 0.862 bits per heavy atom. The van der Waals surface area contributed by atoms with E-state index in [-0.39, 0.29) is 6.04 Å². The van der Waals surface area contributed by atoms with Crippen LogP contribution in [-0.2, 0) is 6.18 Å². The van der Waals surface area contributed by atoms with E-state index >= 15 is 0 Å². The molecule has 1 saturated heterocycles. The zero-order chi connectivity index (χ0) is 21.0. The second-order valence-corrected chi connectivity index (χ2v) is 6.77. The number of ether oxygens (including phenoxy) is 3. The Kier molecular flexibility index (Phi) is 6.54. The summed E-state index contributed by atoms with van der Waals surface area (Å²) in [6, 6.07) is 8.80. The zero-order valence-electron chi connectivity index (χ0n) is 16.7. The van der Waals surface area contributed by atoms with Crippen LogP contribution in [0, 0.1) is 0 Å². The second-order valence-electron chi connectivity index (χ2n) is 6.77. The van der Waals surface area contributed by atoms with E-state index in [2.05, 4.69) is 10.2 Å². The lowest BCUT2D eigenvalue weighted by molar-refractivity contribution is -0.137. The van der Waals surface area contributed by atoms with Gasteiger partial charge >= 0.3 is 6.18 Å². The Bertz CT molecular complexity index is 794. The summed E-state index contributed by atoms with van der Waals surface area (Å²) in [7, 11) is 4.61. The summed E-state index contributed by atoms with van der Waals surface area (Å²) in [5.41, 5.74) is 0.973. The summed E-state index contributed by atoms with van der Waals surface area (Å²) >= 11 is 0. The highest BCUT2D eigenvalue weighted by molar-refractivity contribution is 5.55. The topological polar surface area (TPSA) is 43.0 Å². The molecule has 1 aliphatic rings. The SMILES string of the molecule is COc1cc(C(c2ccc(C(F)(F)F)cc2)N2CCNCC2)cc(OC)c1OC. The Hall–Kier alpha value is -2.45. The zero-order valence-corrected chi connectivity index (χ0v) is 16.7. The molecule has 1 atom stereocenters. The van der Waals surface area contributed by atoms with Gasteiger partial charge in [0.1, 0.15) is 0 Å². The van der Waals surface area contributed by atoms with Crippen molar-refractivity contribution in [2.45, 2.75) is 12.2 Å². The molecule has 1 aliphatic heterocycles. The number of halogens is 3. The van der Waals surface area contributed by atoms with Crippen molar-refractivity contribution in [1.29, 1.82) is 0 Å². The molecular weight excluding hydrogens is 385 g/mol. The summed E-state index contributed by atoms with van der Waals surface area (Å²) in [5, 5.41) is 3.31. The van der Waals surface area contributed by atoms with Crippen molar-refractivity contribution in [3.05, 3.63) is 53.1 Å². The number of rotatable bonds is 6. The number of hydrogen-bond donors (Lipinski definition) is 1. The van der Waals surface area contributed by atoms with Gasteiger partial charge in [0.15, 0.2) is 11.5 Å². The van der Waals surface area contributed by atoms with Gasteiger partial charge in [-0.15, -0.1) is 0 Å². The Balaban J connectivity index is 2.09. The van der Waals surface area contributed by atoms with Crippen LogP contribution in [0.4, 0.5) is 13.2 Å². The minimum Gasteiger partial charge on any atom is -0.493 e. The molecule has 1 fully saturated rings. The average molecular weight is 410 g/mol. The summed E-state index contributed by atoms with van der Waals surface area (Å²) in [5.74, 6) is 1.49. The van der Waals surface area contributed by atoms with Crippen LogP contribution in [-0.4, -0.2) is 52.4 Å². The molecule has 3 rings (SSSR count). The molecule has 1 N–H and O–H groups in total. The van der Waals surface area contributed by atoms with E-state index in [9.17, 15) is 13.2 Å². The first-order chi connectivity index (χ1) is 13.9. The van der Waals surface area contributed by atoms with Crippen LogP contribution < -0.4 is 19.5 Å². The predicted octanol–water partition coefficient (Wildman–Crippen LogP) is 3.73. The van der Waals surface area contributed by atoms with Gasteiger partial charge in [-0.05, 0) is 35.4 Å². The highest BCUT2D eigenvalue weighted by Gasteiger charge is 2.31. The van der Waals surface area contributed by atoms with E-state index in [0.717, 1.165) is 49.4 Å². The molecule has 158 valence electrons. The molecule has 0 aliphatic carbocycles. The number of methoxy groups -OCH3 is 3. The van der Waals surface area contributed by atoms with Crippen LogP contribution in [0.1, 0.15) is 22.7 Å². The third kappa shape index (κ3) is 4.59. The quantitative estimate of drug-likeness (QED) is 0.786. The van der Waals surface area contributed by atoms with Crippen LogP contribution in [0.3, 0.4) is 0 Å². The number of alkyl halides is 3. The minimum atomic E-state index is -4.37. The molecule has 0 aromatic heterocycles. The maximum Gasteiger partial charge on any atom is 0.416 e. The number of piperazine rings is 1. The molecule has 0 radical (unpaired) electrons. The van der Waals surface area contributed by atoms with Crippen molar-refractivity contribution in [3.63, 3.8) is 0 Å². The van der Waals surface area contributed by atoms with E-state index in [1.165, 1.54) is 7.11 Å². The van der Waals surface area contributed by atoms with E-state index in [4.69, 9.17) is 14.2 Å². The average Bonchev–Trinajstić information content (AvgIpc) is 2.73. The smallest absolute Gasteiger partial charge is 0.416 e. The van der Waals surface area contributed by atoms with Crippen molar-refractivity contribution in [3.8, 4) is 17.2 Å². The third-order valence-electron chi connectivity index (χ3n) is 5.07. The fourth-order valence-corrected chi connectivity index (χ4v) is 3.67. The van der Waals surface area contributed by atoms with Crippen molar-refractivity contribution in [2.75, 3.05) is 47.5 Å². The summed E-state index contributed by atoms with van der Waals surface area (Å²) < 4.78 is 55.4. The van der Waals surface area contributed by atoms with Crippen molar-refractivity contribution in [2.24, 2.45) is 0 Å². The highest BCUT2D eigenvalue weighted by Crippen LogP contribution is 2.42. The minimum absolute atomic E-state index is 0.243. The van der Waals surface area contributed by atoms with Gasteiger partial charge in [0, 0.05) is 26.2 Å². The fourth-order valence-electron chi connectivity index (χ4n) is 3.67. The van der Waals surface area contributed by atoms with Crippen molar-refractivity contribution in [1.82, 2.24) is 10.2 Å². The monoisotopic (exact) mass is 410 g/mol. The van der Waals surface area contributed by atoms with Gasteiger partial charge in [-0.25, -0.2) is 0 Å². The lowest BCUT2D eigenvalue weighted by Gasteiger charge is -2.36. The fraction of sp³-hybridized carbons (Fsp3) is 0.429. The number of nitrogens with zero attached hydrogens (tertiary/aromatic N) is 1. The number of nitrogens with one attached hydrogen (secondary N) is 1. The van der Waals surface area contributed by atoms with Crippen LogP contribution >= 0.6 is 0 Å². The van der Waals surface area contributed by atoms with Crippen molar-refractivity contribution < 1.29 is 27.4 Å². The molecule has 29 heavy (non-hydrogen) atoms. The standard InChI is InChI=1S/C21H25F3N2O3/c1-27-17-12-15(13-18(28-2)20(17)29-3)19(26-10-8-25-9-11-26)14-4-6-16(7-5-14)21(22,23)24/h4-7,12-13,19,25H,8-11H2,1-3H3. The van der Waals surface area contributed by atoms with E-state index in [1.807, 2.05) is 12.1 Å². The van der Waals surface area contributed by atoms with E-state index in [0.29, 0.717) is 17.2 Å². The molecule has 1 heterocycles. The molecule has 8 heteroatoms. The maximum atomic E-state index is 13.0. The summed E-state index contributed by atoms with van der Waals surface area (Å²) in [6.45, 7) is 3.15. The Morgan fingerprint density at radius 3 is 1.86 bits per heavy atom. The van der Waals surface area contributed by atoms with Gasteiger partial charge < -0.3 is 19.5 Å². The van der Waals surface area contributed by atoms with E-state index in [1.54, 1.807) is 26.4 Å². The Labute approximate surface area is 168 Å². The summed E-state index contributed by atoms with van der Waals surface area (Å²) in [6.07, 6.45) is -4.37. The maximum absolute atomic E-state index is 13.0. The normalized spacial score (nSPS) is 16.3. The van der Waals surface area contributed by atoms with Gasteiger partial charge in [-0.3, -0.25) is 4.90 Å². The number of benzene rings is 2. The first-order valence-electron chi connectivity index (χ1n) is 9.31. The highest BCUT2D eigenvalue weighted by atomic mass is 19.4. The number of hydrogen-bond acceptors (Lipinski definition) is 5. The lowest BCUT2D eigenvalue weighted by atomic mass is 9.94. The lowest BCUT2D eigenvalue weighted by Crippen LogP contribution is -2.45. The predicted molar refractivity (Wildman–Crippen MR) is 104 cm³/mol. The molecule has 0 saturated carbocycles. The molecule has 5 nitrogen and oxygen atoms in total. The Morgan fingerprint density at radius 2 is 1.41 bits per heavy atom. The first-order valence-corrected chi connectivity index (χ1v) is 9.31. The molecule has 1 unspecified atom stereocenters. The second kappa shape index (κ2) is 8.92. The van der Waals surface area contributed by atoms with E-state index < -0.39 is 11.7 Å². The molecular formula is C21H25F3N2O3. The van der Waals surface area contributed by atoms with Gasteiger partial charge in [0.05, 0.1) is 32.9 Å². The van der Waals surface area contributed by atoms with Crippen LogP contribution in [0.2, 0.25) is 0 Å². The third-order valence-corrected chi connectivity index (χ3v) is 5.07. The summed E-state index contributed by atoms with van der Waals surface area (Å²) in [4.78, 5) is 2.24. The molecule has 0 amide bonds. The van der Waals surface area contributed by atoms with Crippen LogP contribution in [0.15, 0.2) is 36.4 Å². The van der Waals surface area contributed by atoms with Gasteiger partial charge in [-0.1, -0.05) is 12.1 Å². The first kappa shape index (κ1) is 21.3. The van der Waals surface area contributed by atoms with Crippen molar-refractivity contribution >= 4 is 0 Å². The molecule has 0 spiro atoms. The molecule has 0 bridgehead atoms. The largest absolute Gasteiger partial charge is 0.493 e. The molecule has 2 aromatic carbocycles. The van der Waals surface area contributed by atoms with Crippen LogP contribution in [0.25, 0.3) is 0 Å².